The minimum Gasteiger partial charge on any atom is -0.432 e. The van der Waals surface area contributed by atoms with E-state index < -0.39 is 136 Å². The first kappa shape index (κ1) is 68.7. The maximum Gasteiger partial charge on any atom is 0.508 e. The number of primary amides is 1. The van der Waals surface area contributed by atoms with Crippen LogP contribution in [0.25, 0.3) is 22.3 Å². The molecule has 0 spiro atoms. The van der Waals surface area contributed by atoms with Crippen LogP contribution in [-0.2, 0) is 91.0 Å². The topological polar surface area (TPSA) is 476 Å². The lowest BCUT2D eigenvalue weighted by molar-refractivity contribution is -0.140. The first-order valence-electron chi connectivity index (χ1n) is 28.6. The van der Waals surface area contributed by atoms with Crippen molar-refractivity contribution in [3.05, 3.63) is 59.2 Å². The first-order valence-corrected chi connectivity index (χ1v) is 33.7. The number of carbonyl (C=O) groups excluding carboxylic acids is 8. The van der Waals surface area contributed by atoms with Crippen LogP contribution >= 0.6 is 13.4 Å². The number of benzene rings is 1. The van der Waals surface area contributed by atoms with Gasteiger partial charge in [0.25, 0.3) is 5.56 Å². The number of nitrogens with two attached hydrogens (primary N) is 3. The highest BCUT2D eigenvalue weighted by atomic mass is 32.5. The zero-order valence-electron chi connectivity index (χ0n) is 49.5. The largest absolute Gasteiger partial charge is 0.508 e. The predicted molar refractivity (Wildman–Crippen MR) is 322 cm³/mol. The minimum atomic E-state index is -4.56. The van der Waals surface area contributed by atoms with Crippen molar-refractivity contribution in [2.24, 2.45) is 23.5 Å². The number of aromatic amines is 1. The molecule has 92 heavy (non-hydrogen) atoms. The standard InChI is InChI=1S/C52H66FN15O20P2S2/c1-24(2)29(18-27(69)11-13-66-34(71)16-25(3)46(66)74)44(72)62-30(6-5-12-57-50(56)75)31(70)17-26-7-9-28(10-8-26)83-51(76)65(4)14-15-80-52(77)86-40-39-33(85-48(40)67-22-60-36-41(54)58-21-59-42(36)67)20-82-89(78,91)87-38-32(19-81-90(79,92)88-39)84-47(35(38)53)68-23-61-37-43(68)63-49(55)64-45(37)73/h7-10,21-25,29-30,32-33,35,38-40,47-48H,5-6,11-20H2,1-4H3,(H,62,72)(H,78,91)(H,79,92)(H2,54,58,59)(H3,56,57,75)(H3,55,63,64,73)/t25?,29-,30-,32+,33+,35+,38+,39+,40+,47+,48+,89?,90?/m0/s1. The fourth-order valence-corrected chi connectivity index (χ4v) is 13.4. The third-order valence-electron chi connectivity index (χ3n) is 15.3. The first-order chi connectivity index (χ1) is 43.6. The number of fused-ring (bicyclic) bond motifs is 4. The number of Topliss-reactive ketones (excluding diaryl/α,β-unsaturated/α-hetero) is 2. The average Bonchev–Trinajstić information content (AvgIpc) is 1.65. The zero-order valence-corrected chi connectivity index (χ0v) is 53.0. The number of imidazole rings is 2. The van der Waals surface area contributed by atoms with Crippen LogP contribution in [0.5, 0.6) is 5.75 Å². The summed E-state index contributed by atoms with van der Waals surface area (Å²) in [7, 11) is 1.33. The number of halogens is 1. The Bertz CT molecular complexity index is 3790. The number of carbonyl (C=O) groups is 8. The molecule has 498 valence electrons. The Morgan fingerprint density at radius 1 is 0.913 bits per heavy atom. The van der Waals surface area contributed by atoms with Gasteiger partial charge in [0.05, 0.1) is 38.5 Å². The van der Waals surface area contributed by atoms with Crippen molar-refractivity contribution in [1.29, 1.82) is 0 Å². The molecule has 8 heterocycles. The van der Waals surface area contributed by atoms with Crippen LogP contribution in [-0.4, -0.2) is 195 Å². The summed E-state index contributed by atoms with van der Waals surface area (Å²) in [5.41, 5.74) is 16.5. The SMILES string of the molecule is CC1CC(=O)N(CCC(=O)C[C@H](C(=O)N[C@@H](CCCNC(N)=O)C(=O)Cc2ccc(OC(=O)N(C)CCOC(=O)O[C@@H]3[C@@H]4OP(O)(=S)OC[C@H]5O[C@@H](n6cnc7c(=O)[nH]c(N)nc76)[C@H](F)[C@@H]5OP(O)(=S)OC[C@H]4O[C@H]3n3cnc4c(N)ncnc43)cc2)C(C)C)C1=O. The highest BCUT2D eigenvalue weighted by Gasteiger charge is 2.55. The Balaban J connectivity index is 0.816. The van der Waals surface area contributed by atoms with Crippen LogP contribution in [0, 0.1) is 17.8 Å². The van der Waals surface area contributed by atoms with E-state index in [-0.39, 0.29) is 122 Å². The predicted octanol–water partition coefficient (Wildman–Crippen LogP) is 1.22. The molecule has 40 heteroatoms. The summed E-state index contributed by atoms with van der Waals surface area (Å²) >= 11 is 10.8. The number of ether oxygens (including phenoxy) is 5. The van der Waals surface area contributed by atoms with Gasteiger partial charge in [0.1, 0.15) is 54.4 Å². The van der Waals surface area contributed by atoms with Gasteiger partial charge < -0.3 is 75.3 Å². The van der Waals surface area contributed by atoms with Crippen molar-refractivity contribution >= 4 is 119 Å². The lowest BCUT2D eigenvalue weighted by atomic mass is 9.88. The molecule has 9 rings (SSSR count). The van der Waals surface area contributed by atoms with Crippen LogP contribution in [0.4, 0.5) is 30.5 Å². The van der Waals surface area contributed by atoms with Crippen molar-refractivity contribution in [3.63, 3.8) is 0 Å². The van der Waals surface area contributed by atoms with E-state index in [2.05, 4.69) is 40.5 Å². The van der Waals surface area contributed by atoms with Gasteiger partial charge in [-0.3, -0.25) is 56.8 Å². The van der Waals surface area contributed by atoms with Gasteiger partial charge in [-0.2, -0.15) is 4.98 Å². The van der Waals surface area contributed by atoms with E-state index in [1.807, 2.05) is 0 Å². The van der Waals surface area contributed by atoms with E-state index in [4.69, 9.17) is 82.6 Å². The summed E-state index contributed by atoms with van der Waals surface area (Å²) in [5.74, 6) is -4.03. The van der Waals surface area contributed by atoms with E-state index in [9.17, 15) is 52.9 Å². The molecule has 0 aliphatic carbocycles. The molecule has 11 N–H and O–H groups in total. The third-order valence-corrected chi connectivity index (χ3v) is 18.4. The molecule has 0 bridgehead atoms. The van der Waals surface area contributed by atoms with Crippen molar-refractivity contribution in [2.45, 2.75) is 114 Å². The number of urea groups is 1. The van der Waals surface area contributed by atoms with Gasteiger partial charge in [-0.15, -0.1) is 0 Å². The number of likely N-dealkylation sites (tertiary alicyclic amines) is 1. The van der Waals surface area contributed by atoms with Gasteiger partial charge in [-0.05, 0) is 60.1 Å². The molecule has 0 saturated carbocycles. The maximum atomic E-state index is 16.5. The zero-order chi connectivity index (χ0) is 66.5. The average molecular weight is 1370 g/mol. The highest BCUT2D eigenvalue weighted by Crippen LogP contribution is 2.55. The second kappa shape index (κ2) is 29.1. The number of rotatable bonds is 22. The number of amides is 6. The maximum absolute atomic E-state index is 16.5. The smallest absolute Gasteiger partial charge is 0.432 e. The molecule has 5 aromatic rings. The van der Waals surface area contributed by atoms with Crippen LogP contribution in [0.2, 0.25) is 0 Å². The quantitative estimate of drug-likeness (QED) is 0.0209. The van der Waals surface area contributed by atoms with Crippen molar-refractivity contribution in [2.75, 3.05) is 58.0 Å². The fraction of sp³-hybridized carbons (Fsp3) is 0.538. The Morgan fingerprint density at radius 3 is 2.23 bits per heavy atom. The Hall–Kier alpha value is -7.61. The number of hydrogen-bond donors (Lipinski definition) is 8. The minimum absolute atomic E-state index is 0.0417. The number of likely N-dealkylation sites (N-methyl/N-ethyl adjacent to an activating group) is 1. The summed E-state index contributed by atoms with van der Waals surface area (Å²) in [6, 6.07) is 4.04. The molecule has 3 unspecified atom stereocenters. The van der Waals surface area contributed by atoms with E-state index in [1.165, 1.54) is 42.2 Å². The molecule has 13 atom stereocenters. The molecule has 6 amide bonds. The van der Waals surface area contributed by atoms with Crippen LogP contribution in [0.1, 0.15) is 70.9 Å². The number of H-pyrrole nitrogens is 1. The van der Waals surface area contributed by atoms with Crippen molar-refractivity contribution < 1.29 is 94.3 Å². The molecule has 4 aliphatic heterocycles. The number of aromatic nitrogens is 8. The number of ketones is 2. The summed E-state index contributed by atoms with van der Waals surface area (Å²) < 4.78 is 71.0. The number of anilines is 2. The van der Waals surface area contributed by atoms with Crippen LogP contribution < -0.4 is 38.1 Å². The third kappa shape index (κ3) is 16.4. The summed E-state index contributed by atoms with van der Waals surface area (Å²) in [5, 5.41) is 5.23. The summed E-state index contributed by atoms with van der Waals surface area (Å²) in [6.07, 6.45) is -12.5. The molecule has 4 aliphatic rings. The molecule has 1 aromatic carbocycles. The number of imide groups is 1. The van der Waals surface area contributed by atoms with Gasteiger partial charge in [0.15, 0.2) is 53.1 Å². The van der Waals surface area contributed by atoms with Gasteiger partial charge in [-0.25, -0.2) is 38.7 Å². The number of hydrogen-bond acceptors (Lipinski definition) is 27. The monoisotopic (exact) mass is 1370 g/mol. The van der Waals surface area contributed by atoms with Crippen LogP contribution in [0.15, 0.2) is 48.0 Å². The van der Waals surface area contributed by atoms with Crippen LogP contribution in [0.3, 0.4) is 0 Å². The lowest BCUT2D eigenvalue weighted by Gasteiger charge is -2.30. The Labute approximate surface area is 531 Å². The number of alkyl halides is 1. The Kier molecular flexibility index (Phi) is 21.8. The van der Waals surface area contributed by atoms with E-state index in [0.29, 0.717) is 5.56 Å². The molecule has 0 radical (unpaired) electrons. The van der Waals surface area contributed by atoms with E-state index in [1.54, 1.807) is 20.8 Å². The molecule has 4 aromatic heterocycles. The highest BCUT2D eigenvalue weighted by molar-refractivity contribution is 8.07. The fourth-order valence-electron chi connectivity index (χ4n) is 10.5. The van der Waals surface area contributed by atoms with Crippen molar-refractivity contribution in [3.8, 4) is 5.75 Å². The van der Waals surface area contributed by atoms with E-state index >= 15 is 4.39 Å². The lowest BCUT2D eigenvalue weighted by Crippen LogP contribution is -2.46. The van der Waals surface area contributed by atoms with Gasteiger partial charge in [0, 0.05) is 57.7 Å². The number of nitrogens with one attached hydrogen (secondary N) is 3. The van der Waals surface area contributed by atoms with Gasteiger partial charge >= 0.3 is 31.7 Å². The second-order valence-electron chi connectivity index (χ2n) is 22.2. The van der Waals surface area contributed by atoms with Gasteiger partial charge in [0.2, 0.25) is 23.7 Å². The van der Waals surface area contributed by atoms with Crippen molar-refractivity contribution in [1.82, 2.24) is 59.5 Å². The second-order valence-corrected chi connectivity index (χ2v) is 27.8. The summed E-state index contributed by atoms with van der Waals surface area (Å²) in [6.45, 7) is -6.27. The molecule has 4 saturated heterocycles. The molecule has 35 nitrogen and oxygen atoms in total. The molecular formula is C52H66FN15O20P2S2. The van der Waals surface area contributed by atoms with E-state index in [0.717, 1.165) is 27.0 Å². The summed E-state index contributed by atoms with van der Waals surface area (Å²) in [4.78, 5) is 164. The molecular weight excluding hydrogens is 1300 g/mol. The number of nitrogens with zero attached hydrogens (tertiary/aromatic N) is 9. The van der Waals surface area contributed by atoms with Gasteiger partial charge in [-0.1, -0.05) is 32.9 Å². The normalized spacial score (nSPS) is 26.5. The Morgan fingerprint density at radius 2 is 1.57 bits per heavy atom. The number of nitrogen functional groups attached to an aromatic ring is 2. The molecule has 4 fully saturated rings.